The molecule has 1 aliphatic heterocycles. The second-order valence-corrected chi connectivity index (χ2v) is 7.45. The van der Waals surface area contributed by atoms with Gasteiger partial charge in [0.1, 0.15) is 11.6 Å². The van der Waals surface area contributed by atoms with Crippen molar-refractivity contribution in [1.82, 2.24) is 15.1 Å². The fourth-order valence-electron chi connectivity index (χ4n) is 2.79. The van der Waals surface area contributed by atoms with E-state index in [1.54, 1.807) is 27.7 Å². The highest BCUT2D eigenvalue weighted by atomic mass is 16.6. The predicted octanol–water partition coefficient (Wildman–Crippen LogP) is 2.24. The van der Waals surface area contributed by atoms with Crippen LogP contribution in [0.4, 0.5) is 4.79 Å². The molecule has 2 rings (SSSR count). The molecule has 1 atom stereocenters. The molecule has 1 saturated heterocycles. The summed E-state index contributed by atoms with van der Waals surface area (Å²) in [6, 6.07) is 9.74. The average Bonchev–Trinajstić information content (AvgIpc) is 2.54. The minimum atomic E-state index is -0.587. The van der Waals surface area contributed by atoms with Crippen LogP contribution in [-0.2, 0) is 16.1 Å². The normalized spacial score (nSPS) is 17.0. The third-order valence-electron chi connectivity index (χ3n) is 4.04. The molecule has 0 saturated carbocycles. The van der Waals surface area contributed by atoms with Crippen molar-refractivity contribution in [3.63, 3.8) is 0 Å². The van der Waals surface area contributed by atoms with E-state index in [-0.39, 0.29) is 5.91 Å². The van der Waals surface area contributed by atoms with Crippen LogP contribution < -0.4 is 5.32 Å². The molecule has 2 amide bonds. The molecule has 1 aromatic rings. The van der Waals surface area contributed by atoms with Crippen molar-refractivity contribution in [1.29, 1.82) is 0 Å². The lowest BCUT2D eigenvalue weighted by Crippen LogP contribution is -2.54. The third-order valence-corrected chi connectivity index (χ3v) is 4.04. The Morgan fingerprint density at radius 1 is 1.12 bits per heavy atom. The molecule has 1 heterocycles. The number of benzene rings is 1. The number of nitrogens with one attached hydrogen (secondary N) is 1. The van der Waals surface area contributed by atoms with E-state index in [1.807, 2.05) is 23.1 Å². The third kappa shape index (κ3) is 6.38. The molecule has 6 nitrogen and oxygen atoms in total. The van der Waals surface area contributed by atoms with Crippen LogP contribution in [0.2, 0.25) is 0 Å². The van der Waals surface area contributed by atoms with Crippen LogP contribution in [0.5, 0.6) is 0 Å². The number of alkyl carbamates (subject to hydrolysis) is 1. The minimum absolute atomic E-state index is 0.0646. The number of carbonyl (C=O) groups is 2. The average molecular weight is 347 g/mol. The van der Waals surface area contributed by atoms with Gasteiger partial charge in [-0.05, 0) is 33.3 Å². The van der Waals surface area contributed by atoms with Crippen LogP contribution in [0, 0.1) is 0 Å². The molecule has 0 unspecified atom stereocenters. The quantitative estimate of drug-likeness (QED) is 0.907. The molecule has 1 N–H and O–H groups in total. The van der Waals surface area contributed by atoms with Gasteiger partial charge in [0.25, 0.3) is 0 Å². The van der Waals surface area contributed by atoms with Crippen LogP contribution in [0.1, 0.15) is 33.3 Å². The van der Waals surface area contributed by atoms with Crippen molar-refractivity contribution in [3.8, 4) is 0 Å². The molecular formula is C19H29N3O3. The number of hydrogen-bond donors (Lipinski definition) is 1. The molecule has 0 bridgehead atoms. The summed E-state index contributed by atoms with van der Waals surface area (Å²) in [7, 11) is 0. The Bertz CT molecular complexity index is 575. The fraction of sp³-hybridized carbons (Fsp3) is 0.579. The Balaban J connectivity index is 1.77. The fourth-order valence-corrected chi connectivity index (χ4v) is 2.79. The van der Waals surface area contributed by atoms with Crippen LogP contribution >= 0.6 is 0 Å². The van der Waals surface area contributed by atoms with Crippen molar-refractivity contribution in [3.05, 3.63) is 35.9 Å². The summed E-state index contributed by atoms with van der Waals surface area (Å²) in [6.07, 6.45) is -0.559. The summed E-state index contributed by atoms with van der Waals surface area (Å²) in [4.78, 5) is 28.4. The second kappa shape index (κ2) is 8.34. The van der Waals surface area contributed by atoms with Gasteiger partial charge in [0, 0.05) is 32.7 Å². The molecule has 0 radical (unpaired) electrons. The topological polar surface area (TPSA) is 61.9 Å². The van der Waals surface area contributed by atoms with Gasteiger partial charge >= 0.3 is 6.09 Å². The smallest absolute Gasteiger partial charge is 0.408 e. The molecule has 1 aliphatic rings. The Morgan fingerprint density at radius 2 is 1.72 bits per heavy atom. The highest BCUT2D eigenvalue weighted by molar-refractivity contribution is 5.85. The Labute approximate surface area is 150 Å². The predicted molar refractivity (Wildman–Crippen MR) is 97.1 cm³/mol. The number of piperazine rings is 1. The minimum Gasteiger partial charge on any atom is -0.444 e. The zero-order valence-corrected chi connectivity index (χ0v) is 15.6. The van der Waals surface area contributed by atoms with Crippen molar-refractivity contribution in [2.45, 2.75) is 45.9 Å². The Morgan fingerprint density at radius 3 is 2.28 bits per heavy atom. The molecule has 6 heteroatoms. The van der Waals surface area contributed by atoms with Gasteiger partial charge in [0.05, 0.1) is 0 Å². The maximum atomic E-state index is 12.5. The van der Waals surface area contributed by atoms with E-state index in [0.717, 1.165) is 19.6 Å². The highest BCUT2D eigenvalue weighted by Gasteiger charge is 2.27. The van der Waals surface area contributed by atoms with Crippen molar-refractivity contribution >= 4 is 12.0 Å². The zero-order valence-electron chi connectivity index (χ0n) is 15.6. The number of rotatable bonds is 4. The molecule has 1 fully saturated rings. The van der Waals surface area contributed by atoms with E-state index in [9.17, 15) is 9.59 Å². The van der Waals surface area contributed by atoms with E-state index >= 15 is 0 Å². The Kier molecular flexibility index (Phi) is 6.42. The van der Waals surface area contributed by atoms with Gasteiger partial charge in [-0.1, -0.05) is 30.3 Å². The van der Waals surface area contributed by atoms with Crippen LogP contribution in [0.15, 0.2) is 30.3 Å². The molecule has 138 valence electrons. The van der Waals surface area contributed by atoms with Crippen LogP contribution in [0.25, 0.3) is 0 Å². The van der Waals surface area contributed by atoms with Crippen molar-refractivity contribution < 1.29 is 14.3 Å². The first-order valence-electron chi connectivity index (χ1n) is 8.79. The maximum absolute atomic E-state index is 12.5. The maximum Gasteiger partial charge on any atom is 0.408 e. The lowest BCUT2D eigenvalue weighted by Gasteiger charge is -2.36. The lowest BCUT2D eigenvalue weighted by atomic mass is 10.2. The van der Waals surface area contributed by atoms with E-state index in [2.05, 4.69) is 22.3 Å². The summed E-state index contributed by atoms with van der Waals surface area (Å²) in [5.41, 5.74) is 0.706. The molecular weight excluding hydrogens is 318 g/mol. The summed E-state index contributed by atoms with van der Waals surface area (Å²) in [6.45, 7) is 11.0. The van der Waals surface area contributed by atoms with E-state index < -0.39 is 17.7 Å². The van der Waals surface area contributed by atoms with E-state index in [0.29, 0.717) is 13.1 Å². The van der Waals surface area contributed by atoms with E-state index in [4.69, 9.17) is 4.74 Å². The molecule has 0 aromatic heterocycles. The van der Waals surface area contributed by atoms with Gasteiger partial charge in [-0.15, -0.1) is 0 Å². The summed E-state index contributed by atoms with van der Waals surface area (Å²) < 4.78 is 5.20. The first kappa shape index (κ1) is 19.2. The number of nitrogens with zero attached hydrogens (tertiary/aromatic N) is 2. The SMILES string of the molecule is C[C@@H](NC(=O)OC(C)(C)C)C(=O)N1CCN(Cc2ccccc2)CC1. The van der Waals surface area contributed by atoms with Gasteiger partial charge in [-0.25, -0.2) is 4.79 Å². The van der Waals surface area contributed by atoms with Crippen molar-refractivity contribution in [2.75, 3.05) is 26.2 Å². The summed E-state index contributed by atoms with van der Waals surface area (Å²) in [5, 5.41) is 2.62. The van der Waals surface area contributed by atoms with Crippen molar-refractivity contribution in [2.24, 2.45) is 0 Å². The first-order chi connectivity index (χ1) is 11.7. The number of ether oxygens (including phenoxy) is 1. The molecule has 1 aromatic carbocycles. The molecule has 0 spiro atoms. The standard InChI is InChI=1S/C19H29N3O3/c1-15(20-18(24)25-19(2,3)4)17(23)22-12-10-21(11-13-22)14-16-8-6-5-7-9-16/h5-9,15H,10-14H2,1-4H3,(H,20,24)/t15-/m1/s1. The highest BCUT2D eigenvalue weighted by Crippen LogP contribution is 2.10. The van der Waals surface area contributed by atoms with Crippen LogP contribution in [-0.4, -0.2) is 59.6 Å². The number of hydrogen-bond acceptors (Lipinski definition) is 4. The van der Waals surface area contributed by atoms with Gasteiger partial charge in [-0.3, -0.25) is 9.69 Å². The van der Waals surface area contributed by atoms with Gasteiger partial charge < -0.3 is 15.0 Å². The van der Waals surface area contributed by atoms with E-state index in [1.165, 1.54) is 5.56 Å². The van der Waals surface area contributed by atoms with Gasteiger partial charge in [0.15, 0.2) is 0 Å². The number of amides is 2. The number of carbonyl (C=O) groups excluding carboxylic acids is 2. The first-order valence-corrected chi connectivity index (χ1v) is 8.79. The molecule has 25 heavy (non-hydrogen) atoms. The Hall–Kier alpha value is -2.08. The van der Waals surface area contributed by atoms with Gasteiger partial charge in [-0.2, -0.15) is 0 Å². The molecule has 0 aliphatic carbocycles. The second-order valence-electron chi connectivity index (χ2n) is 7.45. The zero-order chi connectivity index (χ0) is 18.4. The summed E-state index contributed by atoms with van der Waals surface area (Å²) >= 11 is 0. The van der Waals surface area contributed by atoms with Crippen LogP contribution in [0.3, 0.4) is 0 Å². The van der Waals surface area contributed by atoms with Gasteiger partial charge in [0.2, 0.25) is 5.91 Å². The monoisotopic (exact) mass is 347 g/mol. The largest absolute Gasteiger partial charge is 0.444 e. The lowest BCUT2D eigenvalue weighted by molar-refractivity contribution is -0.134. The summed E-state index contributed by atoms with van der Waals surface area (Å²) in [5.74, 6) is -0.0646.